The second-order valence-corrected chi connectivity index (χ2v) is 2.68. The molecule has 0 unspecified atom stereocenters. The van der Waals surface area contributed by atoms with Gasteiger partial charge in [-0.2, -0.15) is 0 Å². The maximum Gasteiger partial charge on any atom is 0.165 e. The van der Waals surface area contributed by atoms with Crippen molar-refractivity contribution in [2.24, 2.45) is 5.73 Å². The average molecular weight is 206 g/mol. The van der Waals surface area contributed by atoms with Gasteiger partial charge in [0.1, 0.15) is 0 Å². The maximum absolute atomic E-state index is 12.9. The average Bonchev–Trinajstić information content (AvgIpc) is 2.05. The third kappa shape index (κ3) is 2.86. The molecule has 0 radical (unpaired) electrons. The lowest BCUT2D eigenvalue weighted by Gasteiger charge is -2.07. The van der Waals surface area contributed by atoms with Crippen LogP contribution in [0, 0.1) is 5.82 Å². The van der Waals surface area contributed by atoms with Crippen LogP contribution in [-0.2, 0) is 0 Å². The molecule has 0 fully saturated rings. The van der Waals surface area contributed by atoms with Crippen LogP contribution in [0.3, 0.4) is 0 Å². The van der Waals surface area contributed by atoms with Crippen LogP contribution in [-0.4, -0.2) is 7.11 Å². The van der Waals surface area contributed by atoms with Gasteiger partial charge in [-0.3, -0.25) is 0 Å². The van der Waals surface area contributed by atoms with E-state index < -0.39 is 0 Å². The number of benzene rings is 1. The summed E-state index contributed by atoms with van der Waals surface area (Å²) >= 11 is 0. The molecule has 13 heavy (non-hydrogen) atoms. The van der Waals surface area contributed by atoms with Crippen molar-refractivity contribution >= 4 is 12.4 Å². The SMILES string of the molecule is COc1cc([C@H](C)N)ccc1F.Cl. The molecule has 4 heteroatoms. The number of methoxy groups -OCH3 is 1. The van der Waals surface area contributed by atoms with E-state index in [2.05, 4.69) is 0 Å². The molecule has 0 bridgehead atoms. The van der Waals surface area contributed by atoms with Crippen molar-refractivity contribution in [3.8, 4) is 5.75 Å². The largest absolute Gasteiger partial charge is 0.494 e. The summed E-state index contributed by atoms with van der Waals surface area (Å²) < 4.78 is 17.7. The zero-order chi connectivity index (χ0) is 9.14. The van der Waals surface area contributed by atoms with Crippen LogP contribution in [0.15, 0.2) is 18.2 Å². The lowest BCUT2D eigenvalue weighted by atomic mass is 10.1. The summed E-state index contributed by atoms with van der Waals surface area (Å²) in [6, 6.07) is 4.53. The molecule has 1 aromatic carbocycles. The molecular formula is C9H13ClFNO. The van der Waals surface area contributed by atoms with E-state index in [1.165, 1.54) is 13.2 Å². The quantitative estimate of drug-likeness (QED) is 0.804. The molecule has 1 atom stereocenters. The van der Waals surface area contributed by atoms with Crippen LogP contribution >= 0.6 is 12.4 Å². The first-order valence-corrected chi connectivity index (χ1v) is 3.74. The van der Waals surface area contributed by atoms with Gasteiger partial charge in [0, 0.05) is 6.04 Å². The third-order valence-corrected chi connectivity index (χ3v) is 1.70. The summed E-state index contributed by atoms with van der Waals surface area (Å²) in [6.45, 7) is 1.84. The van der Waals surface area contributed by atoms with Crippen LogP contribution in [0.2, 0.25) is 0 Å². The second-order valence-electron chi connectivity index (χ2n) is 2.68. The smallest absolute Gasteiger partial charge is 0.165 e. The van der Waals surface area contributed by atoms with E-state index in [-0.39, 0.29) is 30.0 Å². The van der Waals surface area contributed by atoms with Crippen LogP contribution in [0.5, 0.6) is 5.75 Å². The summed E-state index contributed by atoms with van der Waals surface area (Å²) in [7, 11) is 1.43. The first kappa shape index (κ1) is 12.2. The third-order valence-electron chi connectivity index (χ3n) is 1.70. The van der Waals surface area contributed by atoms with Crippen molar-refractivity contribution < 1.29 is 9.13 Å². The number of ether oxygens (including phenoxy) is 1. The highest BCUT2D eigenvalue weighted by Crippen LogP contribution is 2.20. The van der Waals surface area contributed by atoms with Crippen molar-refractivity contribution in [1.82, 2.24) is 0 Å². The molecule has 0 aliphatic rings. The van der Waals surface area contributed by atoms with Crippen LogP contribution < -0.4 is 10.5 Å². The van der Waals surface area contributed by atoms with Gasteiger partial charge in [0.05, 0.1) is 7.11 Å². The molecular weight excluding hydrogens is 193 g/mol. The van der Waals surface area contributed by atoms with E-state index in [0.717, 1.165) is 5.56 Å². The number of hydrogen-bond donors (Lipinski definition) is 1. The van der Waals surface area contributed by atoms with Crippen LogP contribution in [0.1, 0.15) is 18.5 Å². The summed E-state index contributed by atoms with van der Waals surface area (Å²) in [5.74, 6) is -0.119. The van der Waals surface area contributed by atoms with Gasteiger partial charge in [0.2, 0.25) is 0 Å². The molecule has 0 aliphatic heterocycles. The standard InChI is InChI=1S/C9H12FNO.ClH/c1-6(11)7-3-4-8(10)9(5-7)12-2;/h3-6H,11H2,1-2H3;1H/t6-;/m0./s1. The monoisotopic (exact) mass is 205 g/mol. The summed E-state index contributed by atoms with van der Waals surface area (Å²) in [6.07, 6.45) is 0. The molecule has 2 nitrogen and oxygen atoms in total. The Balaban J connectivity index is 0.00000144. The van der Waals surface area contributed by atoms with Gasteiger partial charge in [-0.1, -0.05) is 6.07 Å². The molecule has 0 heterocycles. The fourth-order valence-corrected chi connectivity index (χ4v) is 0.960. The van der Waals surface area contributed by atoms with Gasteiger partial charge in [0.15, 0.2) is 11.6 Å². The zero-order valence-corrected chi connectivity index (χ0v) is 8.40. The fourth-order valence-electron chi connectivity index (χ4n) is 0.960. The molecule has 0 aliphatic carbocycles. The molecule has 2 N–H and O–H groups in total. The number of halogens is 2. The highest BCUT2D eigenvalue weighted by Gasteiger charge is 2.05. The Labute approximate surface area is 83.3 Å². The van der Waals surface area contributed by atoms with Crippen LogP contribution in [0.25, 0.3) is 0 Å². The van der Waals surface area contributed by atoms with E-state index in [1.54, 1.807) is 12.1 Å². The van der Waals surface area contributed by atoms with Crippen molar-refractivity contribution in [3.63, 3.8) is 0 Å². The van der Waals surface area contributed by atoms with Crippen molar-refractivity contribution in [3.05, 3.63) is 29.6 Å². The van der Waals surface area contributed by atoms with E-state index in [4.69, 9.17) is 10.5 Å². The molecule has 0 spiro atoms. The van der Waals surface area contributed by atoms with Gasteiger partial charge in [-0.15, -0.1) is 12.4 Å². The lowest BCUT2D eigenvalue weighted by molar-refractivity contribution is 0.385. The number of nitrogens with two attached hydrogens (primary N) is 1. The van der Waals surface area contributed by atoms with E-state index in [0.29, 0.717) is 0 Å². The van der Waals surface area contributed by atoms with Gasteiger partial charge in [-0.25, -0.2) is 4.39 Å². The predicted molar refractivity (Wildman–Crippen MR) is 52.8 cm³/mol. The van der Waals surface area contributed by atoms with Gasteiger partial charge in [0.25, 0.3) is 0 Å². The van der Waals surface area contributed by atoms with Gasteiger partial charge in [-0.05, 0) is 24.6 Å². The van der Waals surface area contributed by atoms with Crippen molar-refractivity contribution in [2.75, 3.05) is 7.11 Å². The molecule has 0 saturated heterocycles. The highest BCUT2D eigenvalue weighted by atomic mass is 35.5. The first-order chi connectivity index (χ1) is 5.65. The Bertz CT molecular complexity index is 278. The lowest BCUT2D eigenvalue weighted by Crippen LogP contribution is -2.05. The van der Waals surface area contributed by atoms with E-state index in [9.17, 15) is 4.39 Å². The summed E-state index contributed by atoms with van der Waals surface area (Å²) in [5.41, 5.74) is 6.48. The van der Waals surface area contributed by atoms with Gasteiger partial charge < -0.3 is 10.5 Å². The van der Waals surface area contributed by atoms with E-state index >= 15 is 0 Å². The molecule has 1 rings (SSSR count). The summed E-state index contributed by atoms with van der Waals surface area (Å²) in [4.78, 5) is 0. The normalized spacial score (nSPS) is 11.7. The minimum absolute atomic E-state index is 0. The highest BCUT2D eigenvalue weighted by molar-refractivity contribution is 5.85. The molecule has 1 aromatic rings. The van der Waals surface area contributed by atoms with E-state index in [1.807, 2.05) is 6.92 Å². The molecule has 0 aromatic heterocycles. The predicted octanol–water partition coefficient (Wildman–Crippen LogP) is 2.28. The van der Waals surface area contributed by atoms with Crippen molar-refractivity contribution in [2.45, 2.75) is 13.0 Å². The second kappa shape index (κ2) is 5.04. The van der Waals surface area contributed by atoms with Crippen LogP contribution in [0.4, 0.5) is 4.39 Å². The number of hydrogen-bond acceptors (Lipinski definition) is 2. The Hall–Kier alpha value is -0.800. The first-order valence-electron chi connectivity index (χ1n) is 3.74. The molecule has 74 valence electrons. The summed E-state index contributed by atoms with van der Waals surface area (Å²) in [5, 5.41) is 0. The minimum Gasteiger partial charge on any atom is -0.494 e. The Morgan fingerprint density at radius 2 is 2.08 bits per heavy atom. The Morgan fingerprint density at radius 3 is 2.54 bits per heavy atom. The molecule has 0 saturated carbocycles. The maximum atomic E-state index is 12.9. The van der Waals surface area contributed by atoms with Crippen molar-refractivity contribution in [1.29, 1.82) is 0 Å². The topological polar surface area (TPSA) is 35.2 Å². The number of rotatable bonds is 2. The molecule has 0 amide bonds. The minimum atomic E-state index is -0.359. The Morgan fingerprint density at radius 1 is 1.46 bits per heavy atom. The fraction of sp³-hybridized carbons (Fsp3) is 0.333. The zero-order valence-electron chi connectivity index (χ0n) is 7.58. The Kier molecular flexibility index (Phi) is 4.73. The van der Waals surface area contributed by atoms with Gasteiger partial charge >= 0.3 is 0 Å².